The number of phenolic OH excluding ortho intramolecular Hbond substituents is 1. The third-order valence-electron chi connectivity index (χ3n) is 6.74. The smallest absolute Gasteiger partial charge is 0.124 e. The van der Waals surface area contributed by atoms with Gasteiger partial charge in [-0.15, -0.1) is 0 Å². The van der Waals surface area contributed by atoms with Gasteiger partial charge in [0, 0.05) is 5.56 Å². The summed E-state index contributed by atoms with van der Waals surface area (Å²) >= 11 is 0. The van der Waals surface area contributed by atoms with Crippen LogP contribution in [0.2, 0.25) is 0 Å². The molecule has 33 heavy (non-hydrogen) atoms. The van der Waals surface area contributed by atoms with Crippen molar-refractivity contribution in [3.8, 4) is 28.0 Å². The molecule has 0 unspecified atom stereocenters. The molecule has 0 aliphatic carbocycles. The Hall–Kier alpha value is -2.54. The van der Waals surface area contributed by atoms with E-state index in [-0.39, 0.29) is 0 Å². The van der Waals surface area contributed by atoms with Gasteiger partial charge in [-0.25, -0.2) is 0 Å². The van der Waals surface area contributed by atoms with Crippen LogP contribution in [0.25, 0.3) is 22.3 Å². The minimum atomic E-state index is 0.378. The molecule has 0 fully saturated rings. The molecule has 3 aromatic carbocycles. The number of phenols is 1. The van der Waals surface area contributed by atoms with Crippen LogP contribution in [-0.2, 0) is 12.8 Å². The van der Waals surface area contributed by atoms with Crippen molar-refractivity contribution >= 4 is 0 Å². The van der Waals surface area contributed by atoms with Crippen molar-refractivity contribution < 1.29 is 5.11 Å². The van der Waals surface area contributed by atoms with Gasteiger partial charge in [0.25, 0.3) is 0 Å². The normalized spacial score (nSPS) is 11.1. The average molecular weight is 443 g/mol. The molecular formula is C32H42O. The van der Waals surface area contributed by atoms with Gasteiger partial charge in [0.15, 0.2) is 0 Å². The van der Waals surface area contributed by atoms with Crippen molar-refractivity contribution in [1.82, 2.24) is 0 Å². The van der Waals surface area contributed by atoms with Crippen LogP contribution in [-0.4, -0.2) is 5.11 Å². The molecule has 0 spiro atoms. The molecule has 0 saturated heterocycles. The van der Waals surface area contributed by atoms with Gasteiger partial charge in [0.05, 0.1) is 0 Å². The van der Waals surface area contributed by atoms with Crippen LogP contribution in [0.5, 0.6) is 5.75 Å². The summed E-state index contributed by atoms with van der Waals surface area (Å²) in [6, 6.07) is 23.4. The van der Waals surface area contributed by atoms with E-state index in [0.717, 1.165) is 24.0 Å². The predicted octanol–water partition coefficient (Wildman–Crippen LogP) is 9.75. The molecule has 0 radical (unpaired) electrons. The predicted molar refractivity (Wildman–Crippen MR) is 144 cm³/mol. The van der Waals surface area contributed by atoms with Gasteiger partial charge >= 0.3 is 0 Å². The number of benzene rings is 3. The van der Waals surface area contributed by atoms with E-state index in [1.807, 2.05) is 12.1 Å². The monoisotopic (exact) mass is 442 g/mol. The standard InChI is InChI=1S/C32H42O/c1-3-5-7-9-11-18-26-20-13-15-22-28(26)30-24-17-25-31(33)32(30)29-23-16-14-21-27(29)19-12-10-8-6-4-2/h13-17,20-25,33H,3-12,18-19H2,1-2H3. The first-order valence-corrected chi connectivity index (χ1v) is 13.2. The summed E-state index contributed by atoms with van der Waals surface area (Å²) in [6.07, 6.45) is 15.0. The molecule has 1 heteroatoms. The van der Waals surface area contributed by atoms with Crippen LogP contribution in [0.15, 0.2) is 66.7 Å². The van der Waals surface area contributed by atoms with Crippen LogP contribution in [0.1, 0.15) is 89.2 Å². The van der Waals surface area contributed by atoms with E-state index < -0.39 is 0 Å². The lowest BCUT2D eigenvalue weighted by Crippen LogP contribution is -1.96. The molecule has 0 amide bonds. The Bertz CT molecular complexity index is 972. The van der Waals surface area contributed by atoms with Gasteiger partial charge in [-0.05, 0) is 59.6 Å². The van der Waals surface area contributed by atoms with Gasteiger partial charge in [-0.3, -0.25) is 0 Å². The molecule has 0 aliphatic rings. The molecule has 3 rings (SSSR count). The van der Waals surface area contributed by atoms with E-state index in [0.29, 0.717) is 5.75 Å². The van der Waals surface area contributed by atoms with E-state index in [9.17, 15) is 5.11 Å². The molecule has 0 bridgehead atoms. The number of rotatable bonds is 14. The summed E-state index contributed by atoms with van der Waals surface area (Å²) in [5.41, 5.74) is 7.31. The van der Waals surface area contributed by atoms with E-state index in [1.54, 1.807) is 0 Å². The fourth-order valence-corrected chi connectivity index (χ4v) is 4.87. The zero-order valence-corrected chi connectivity index (χ0v) is 20.8. The lowest BCUT2D eigenvalue weighted by Gasteiger charge is -2.18. The second kappa shape index (κ2) is 13.9. The van der Waals surface area contributed by atoms with Gasteiger partial charge in [0.1, 0.15) is 5.75 Å². The van der Waals surface area contributed by atoms with Crippen LogP contribution in [0.4, 0.5) is 0 Å². The highest BCUT2D eigenvalue weighted by molar-refractivity contribution is 5.89. The maximum Gasteiger partial charge on any atom is 0.124 e. The summed E-state index contributed by atoms with van der Waals surface area (Å²) in [5, 5.41) is 11.0. The van der Waals surface area contributed by atoms with Gasteiger partial charge in [-0.2, -0.15) is 0 Å². The SMILES string of the molecule is CCCCCCCc1ccccc1-c1cccc(O)c1-c1ccccc1CCCCCCC. The maximum atomic E-state index is 11.0. The molecule has 0 heterocycles. The zero-order chi connectivity index (χ0) is 23.3. The van der Waals surface area contributed by atoms with Crippen LogP contribution in [0, 0.1) is 0 Å². The second-order valence-corrected chi connectivity index (χ2v) is 9.34. The largest absolute Gasteiger partial charge is 0.507 e. The summed E-state index contributed by atoms with van der Waals surface area (Å²) in [4.78, 5) is 0. The average Bonchev–Trinajstić information content (AvgIpc) is 2.84. The lowest BCUT2D eigenvalue weighted by atomic mass is 9.87. The van der Waals surface area contributed by atoms with Gasteiger partial charge in [0.2, 0.25) is 0 Å². The Balaban J connectivity index is 1.90. The van der Waals surface area contributed by atoms with E-state index >= 15 is 0 Å². The number of hydrogen-bond donors (Lipinski definition) is 1. The topological polar surface area (TPSA) is 20.2 Å². The Morgan fingerprint density at radius 2 is 0.970 bits per heavy atom. The van der Waals surface area contributed by atoms with Crippen molar-refractivity contribution in [3.63, 3.8) is 0 Å². The third-order valence-corrected chi connectivity index (χ3v) is 6.74. The van der Waals surface area contributed by atoms with Gasteiger partial charge in [-0.1, -0.05) is 126 Å². The minimum absolute atomic E-state index is 0.378. The Morgan fingerprint density at radius 3 is 1.58 bits per heavy atom. The Labute approximate surface area is 201 Å². The van der Waals surface area contributed by atoms with E-state index in [1.165, 1.54) is 86.5 Å². The molecule has 0 aliphatic heterocycles. The Kier molecular flexibility index (Phi) is 10.6. The zero-order valence-electron chi connectivity index (χ0n) is 20.8. The number of aromatic hydroxyl groups is 1. The minimum Gasteiger partial charge on any atom is -0.507 e. The summed E-state index contributed by atoms with van der Waals surface area (Å²) in [6.45, 7) is 4.53. The molecular weight excluding hydrogens is 400 g/mol. The Morgan fingerprint density at radius 1 is 0.485 bits per heavy atom. The second-order valence-electron chi connectivity index (χ2n) is 9.34. The first-order valence-electron chi connectivity index (χ1n) is 13.2. The van der Waals surface area contributed by atoms with Crippen LogP contribution >= 0.6 is 0 Å². The fourth-order valence-electron chi connectivity index (χ4n) is 4.87. The molecule has 0 aromatic heterocycles. The molecule has 0 atom stereocenters. The van der Waals surface area contributed by atoms with Crippen molar-refractivity contribution in [2.24, 2.45) is 0 Å². The van der Waals surface area contributed by atoms with E-state index in [2.05, 4.69) is 68.4 Å². The highest BCUT2D eigenvalue weighted by Crippen LogP contribution is 2.41. The fraction of sp³-hybridized carbons (Fsp3) is 0.438. The molecule has 1 nitrogen and oxygen atoms in total. The van der Waals surface area contributed by atoms with Crippen molar-refractivity contribution in [3.05, 3.63) is 77.9 Å². The highest BCUT2D eigenvalue weighted by atomic mass is 16.3. The lowest BCUT2D eigenvalue weighted by molar-refractivity contribution is 0.477. The molecule has 176 valence electrons. The van der Waals surface area contributed by atoms with Crippen LogP contribution < -0.4 is 0 Å². The molecule has 3 aromatic rings. The summed E-state index contributed by atoms with van der Waals surface area (Å²) < 4.78 is 0. The number of hydrogen-bond acceptors (Lipinski definition) is 1. The third kappa shape index (κ3) is 7.22. The first-order chi connectivity index (χ1) is 16.3. The summed E-state index contributed by atoms with van der Waals surface area (Å²) in [5.74, 6) is 0.378. The number of aryl methyl sites for hydroxylation is 2. The van der Waals surface area contributed by atoms with Crippen molar-refractivity contribution in [2.75, 3.05) is 0 Å². The molecule has 0 saturated carbocycles. The quantitative estimate of drug-likeness (QED) is 0.246. The number of unbranched alkanes of at least 4 members (excludes halogenated alkanes) is 8. The summed E-state index contributed by atoms with van der Waals surface area (Å²) in [7, 11) is 0. The maximum absolute atomic E-state index is 11.0. The highest BCUT2D eigenvalue weighted by Gasteiger charge is 2.17. The first kappa shape index (κ1) is 25.1. The molecule has 1 N–H and O–H groups in total. The van der Waals surface area contributed by atoms with Crippen molar-refractivity contribution in [1.29, 1.82) is 0 Å². The van der Waals surface area contributed by atoms with E-state index in [4.69, 9.17) is 0 Å². The van der Waals surface area contributed by atoms with Gasteiger partial charge < -0.3 is 5.11 Å². The van der Waals surface area contributed by atoms with Crippen LogP contribution in [0.3, 0.4) is 0 Å². The van der Waals surface area contributed by atoms with Crippen molar-refractivity contribution in [2.45, 2.75) is 90.9 Å².